The molecule has 0 bridgehead atoms. The highest BCUT2D eigenvalue weighted by Gasteiger charge is 2.16. The molecule has 138 valence electrons. The second-order valence-corrected chi connectivity index (χ2v) is 7.64. The highest BCUT2D eigenvalue weighted by Crippen LogP contribution is 2.24. The van der Waals surface area contributed by atoms with E-state index in [1.54, 1.807) is 43.5 Å². The molecule has 0 aliphatic rings. The van der Waals surface area contributed by atoms with Crippen molar-refractivity contribution >= 4 is 50.3 Å². The molecule has 0 saturated heterocycles. The first-order chi connectivity index (χ1) is 12.3. The second kappa shape index (κ2) is 9.22. The molecule has 26 heavy (non-hydrogen) atoms. The van der Waals surface area contributed by atoms with Gasteiger partial charge >= 0.3 is 0 Å². The maximum Gasteiger partial charge on any atom is 0.273 e. The summed E-state index contributed by atoms with van der Waals surface area (Å²) in [6.07, 6.45) is -0.0845. The number of benzene rings is 2. The van der Waals surface area contributed by atoms with E-state index in [0.717, 1.165) is 8.04 Å². The zero-order valence-electron chi connectivity index (χ0n) is 14.4. The second-order valence-electron chi connectivity index (χ2n) is 5.56. The number of carbonyl (C=O) groups is 2. The molecule has 0 radical (unpaired) electrons. The van der Waals surface area contributed by atoms with Crippen LogP contribution in [0.15, 0.2) is 40.9 Å². The molecular weight excluding hydrogens is 515 g/mol. The molecule has 2 aromatic rings. The highest BCUT2D eigenvalue weighted by atomic mass is 127. The van der Waals surface area contributed by atoms with E-state index < -0.39 is 11.8 Å². The van der Waals surface area contributed by atoms with Crippen LogP contribution in [0, 0.1) is 3.57 Å². The van der Waals surface area contributed by atoms with E-state index in [4.69, 9.17) is 9.47 Å². The van der Waals surface area contributed by atoms with Crippen LogP contribution in [0.3, 0.4) is 0 Å². The number of rotatable bonds is 5. The van der Waals surface area contributed by atoms with Crippen LogP contribution in [0.5, 0.6) is 11.5 Å². The number of methoxy groups -OCH3 is 1. The molecule has 0 spiro atoms. The molecule has 0 aromatic heterocycles. The average molecular weight is 533 g/mol. The molecule has 6 nitrogen and oxygen atoms in total. The summed E-state index contributed by atoms with van der Waals surface area (Å²) in [5.41, 5.74) is 5.54. The van der Waals surface area contributed by atoms with Crippen molar-refractivity contribution in [2.45, 2.75) is 20.0 Å². The molecule has 8 heteroatoms. The molecule has 0 fully saturated rings. The summed E-state index contributed by atoms with van der Waals surface area (Å²) in [5, 5.41) is 0. The lowest BCUT2D eigenvalue weighted by molar-refractivity contribution is 0.0843. The topological polar surface area (TPSA) is 76.7 Å². The van der Waals surface area contributed by atoms with Gasteiger partial charge < -0.3 is 9.47 Å². The Morgan fingerprint density at radius 1 is 1.04 bits per heavy atom. The van der Waals surface area contributed by atoms with Crippen molar-refractivity contribution < 1.29 is 19.1 Å². The average Bonchev–Trinajstić information content (AvgIpc) is 2.60. The maximum atomic E-state index is 12.5. The Hall–Kier alpha value is -1.81. The third-order valence-electron chi connectivity index (χ3n) is 3.25. The smallest absolute Gasteiger partial charge is 0.273 e. The molecule has 0 aliphatic heterocycles. The standard InChI is InChI=1S/C18H18BrIN2O4/c1-10(2)26-15-7-5-12(19)9-13(15)18(24)22-21-17(23)11-4-6-16(25-3)14(20)8-11/h4-10H,1-3H3,(H,21,23)(H,22,24). The van der Waals surface area contributed by atoms with Gasteiger partial charge in [-0.3, -0.25) is 20.4 Å². The lowest BCUT2D eigenvalue weighted by Gasteiger charge is -2.15. The van der Waals surface area contributed by atoms with Gasteiger partial charge in [-0.2, -0.15) is 0 Å². The van der Waals surface area contributed by atoms with Gasteiger partial charge in [-0.05, 0) is 72.8 Å². The van der Waals surface area contributed by atoms with E-state index >= 15 is 0 Å². The largest absolute Gasteiger partial charge is 0.496 e. The van der Waals surface area contributed by atoms with Crippen LogP contribution in [-0.4, -0.2) is 25.0 Å². The maximum absolute atomic E-state index is 12.5. The number of hydrogen-bond donors (Lipinski definition) is 2. The lowest BCUT2D eigenvalue weighted by atomic mass is 10.2. The minimum Gasteiger partial charge on any atom is -0.496 e. The first-order valence-corrected chi connectivity index (χ1v) is 9.59. The molecule has 0 unspecified atom stereocenters. The van der Waals surface area contributed by atoms with E-state index in [1.807, 2.05) is 13.8 Å². The summed E-state index contributed by atoms with van der Waals surface area (Å²) in [7, 11) is 1.56. The van der Waals surface area contributed by atoms with Gasteiger partial charge in [-0.25, -0.2) is 0 Å². The molecule has 0 saturated carbocycles. The van der Waals surface area contributed by atoms with Gasteiger partial charge in [0.1, 0.15) is 11.5 Å². The van der Waals surface area contributed by atoms with Crippen LogP contribution in [-0.2, 0) is 0 Å². The molecule has 2 amide bonds. The van der Waals surface area contributed by atoms with Crippen LogP contribution in [0.1, 0.15) is 34.6 Å². The third kappa shape index (κ3) is 5.34. The summed E-state index contributed by atoms with van der Waals surface area (Å²) in [5.74, 6) is 0.212. The highest BCUT2D eigenvalue weighted by molar-refractivity contribution is 14.1. The minimum atomic E-state index is -0.474. The Bertz CT molecular complexity index is 827. The SMILES string of the molecule is COc1ccc(C(=O)NNC(=O)c2cc(Br)ccc2OC(C)C)cc1I. The summed E-state index contributed by atoms with van der Waals surface area (Å²) < 4.78 is 12.3. The van der Waals surface area contributed by atoms with Crippen LogP contribution in [0.25, 0.3) is 0 Å². The zero-order valence-corrected chi connectivity index (χ0v) is 18.2. The number of hydrogen-bond acceptors (Lipinski definition) is 4. The molecule has 0 atom stereocenters. The van der Waals surface area contributed by atoms with Crippen LogP contribution < -0.4 is 20.3 Å². The van der Waals surface area contributed by atoms with Crippen LogP contribution in [0.4, 0.5) is 0 Å². The molecule has 0 heterocycles. The predicted octanol–water partition coefficient (Wildman–Crippen LogP) is 3.92. The number of halogens is 2. The van der Waals surface area contributed by atoms with Crippen molar-refractivity contribution in [3.63, 3.8) is 0 Å². The van der Waals surface area contributed by atoms with Gasteiger partial charge in [-0.15, -0.1) is 0 Å². The molecule has 2 N–H and O–H groups in total. The first-order valence-electron chi connectivity index (χ1n) is 7.72. The summed E-state index contributed by atoms with van der Waals surface area (Å²) >= 11 is 5.41. The summed E-state index contributed by atoms with van der Waals surface area (Å²) in [4.78, 5) is 24.7. The fourth-order valence-electron chi connectivity index (χ4n) is 2.10. The minimum absolute atomic E-state index is 0.0845. The van der Waals surface area contributed by atoms with Gasteiger partial charge in [0.2, 0.25) is 0 Å². The van der Waals surface area contributed by atoms with Gasteiger partial charge in [0.05, 0.1) is 22.3 Å². The Morgan fingerprint density at radius 2 is 1.69 bits per heavy atom. The lowest BCUT2D eigenvalue weighted by Crippen LogP contribution is -2.41. The molecular formula is C18H18BrIN2O4. The number of ether oxygens (including phenoxy) is 2. The Labute approximate surface area is 173 Å². The Kier molecular flexibility index (Phi) is 7.27. The number of amides is 2. The zero-order chi connectivity index (χ0) is 19.3. The summed E-state index contributed by atoms with van der Waals surface area (Å²) in [6.45, 7) is 3.74. The first kappa shape index (κ1) is 20.5. The van der Waals surface area contributed by atoms with Crippen LogP contribution >= 0.6 is 38.5 Å². The third-order valence-corrected chi connectivity index (χ3v) is 4.59. The van der Waals surface area contributed by atoms with E-state index in [1.165, 1.54) is 0 Å². The fourth-order valence-corrected chi connectivity index (χ4v) is 3.19. The van der Waals surface area contributed by atoms with E-state index in [9.17, 15) is 9.59 Å². The number of carbonyl (C=O) groups excluding carboxylic acids is 2. The molecule has 2 aromatic carbocycles. The van der Waals surface area contributed by atoms with Crippen molar-refractivity contribution in [2.24, 2.45) is 0 Å². The van der Waals surface area contributed by atoms with E-state index in [0.29, 0.717) is 22.6 Å². The monoisotopic (exact) mass is 532 g/mol. The van der Waals surface area contributed by atoms with Crippen molar-refractivity contribution in [3.8, 4) is 11.5 Å². The quantitative estimate of drug-likeness (QED) is 0.452. The molecule has 0 aliphatic carbocycles. The number of nitrogens with one attached hydrogen (secondary N) is 2. The van der Waals surface area contributed by atoms with E-state index in [-0.39, 0.29) is 6.10 Å². The number of hydrazine groups is 1. The fraction of sp³-hybridized carbons (Fsp3) is 0.222. The normalized spacial score (nSPS) is 10.4. The summed E-state index contributed by atoms with van der Waals surface area (Å²) in [6, 6.07) is 10.1. The molecule has 2 rings (SSSR count). The van der Waals surface area contributed by atoms with Gasteiger partial charge in [-0.1, -0.05) is 15.9 Å². The van der Waals surface area contributed by atoms with Crippen molar-refractivity contribution in [1.82, 2.24) is 10.9 Å². The van der Waals surface area contributed by atoms with Crippen molar-refractivity contribution in [2.75, 3.05) is 7.11 Å². The van der Waals surface area contributed by atoms with Gasteiger partial charge in [0.15, 0.2) is 0 Å². The van der Waals surface area contributed by atoms with Crippen molar-refractivity contribution in [1.29, 1.82) is 0 Å². The van der Waals surface area contributed by atoms with Gasteiger partial charge in [0.25, 0.3) is 11.8 Å². The predicted molar refractivity (Wildman–Crippen MR) is 111 cm³/mol. The Balaban J connectivity index is 2.10. The van der Waals surface area contributed by atoms with Gasteiger partial charge in [0, 0.05) is 10.0 Å². The van der Waals surface area contributed by atoms with Crippen molar-refractivity contribution in [3.05, 3.63) is 55.6 Å². The van der Waals surface area contributed by atoms with Crippen LogP contribution in [0.2, 0.25) is 0 Å². The Morgan fingerprint density at radius 3 is 2.31 bits per heavy atom. The van der Waals surface area contributed by atoms with E-state index in [2.05, 4.69) is 49.4 Å².